The van der Waals surface area contributed by atoms with Crippen molar-refractivity contribution < 1.29 is 9.59 Å². The minimum atomic E-state index is -0.459. The fraction of sp³-hybridized carbons (Fsp3) is 0.385. The molecule has 1 N–H and O–H groups in total. The monoisotopic (exact) mass is 490 g/mol. The van der Waals surface area contributed by atoms with Crippen LogP contribution in [0.4, 0.5) is 11.4 Å². The minimum Gasteiger partial charge on any atom is -0.323 e. The lowest BCUT2D eigenvalue weighted by molar-refractivity contribution is -0.121. The Morgan fingerprint density at radius 1 is 0.971 bits per heavy atom. The van der Waals surface area contributed by atoms with Gasteiger partial charge in [0.2, 0.25) is 11.8 Å². The van der Waals surface area contributed by atoms with E-state index in [1.807, 2.05) is 61.5 Å². The van der Waals surface area contributed by atoms with Gasteiger partial charge in [0, 0.05) is 5.69 Å². The molecule has 182 valence electrons. The molecule has 0 radical (unpaired) electrons. The highest BCUT2D eigenvalue weighted by atomic mass is 32.2. The molecule has 35 heavy (non-hydrogen) atoms. The second kappa shape index (κ2) is 10.2. The van der Waals surface area contributed by atoms with Crippen molar-refractivity contribution in [3.8, 4) is 5.69 Å². The summed E-state index contributed by atoms with van der Waals surface area (Å²) in [6.07, 6.45) is 3.66. The highest BCUT2D eigenvalue weighted by molar-refractivity contribution is 8.00. The lowest BCUT2D eigenvalue weighted by Gasteiger charge is -2.32. The summed E-state index contributed by atoms with van der Waals surface area (Å²) in [4.78, 5) is 29.8. The number of anilines is 2. The van der Waals surface area contributed by atoms with E-state index in [0.717, 1.165) is 24.6 Å². The van der Waals surface area contributed by atoms with Crippen molar-refractivity contribution in [2.24, 2.45) is 0 Å². The summed E-state index contributed by atoms with van der Waals surface area (Å²) in [6.45, 7) is 6.15. The molecule has 2 aliphatic rings. The Labute approximate surface area is 209 Å². The van der Waals surface area contributed by atoms with Gasteiger partial charge >= 0.3 is 0 Å². The number of hydrogen-bond acceptors (Lipinski definition) is 6. The predicted molar refractivity (Wildman–Crippen MR) is 138 cm³/mol. The second-order valence-corrected chi connectivity index (χ2v) is 10.3. The van der Waals surface area contributed by atoms with E-state index in [1.54, 1.807) is 4.90 Å². The third-order valence-electron chi connectivity index (χ3n) is 6.65. The molecule has 9 heteroatoms. The van der Waals surface area contributed by atoms with Crippen LogP contribution < -0.4 is 10.2 Å². The van der Waals surface area contributed by atoms with Crippen LogP contribution in [0.15, 0.2) is 59.8 Å². The van der Waals surface area contributed by atoms with Gasteiger partial charge in [0.1, 0.15) is 6.54 Å². The summed E-state index contributed by atoms with van der Waals surface area (Å²) in [5, 5.41) is 12.2. The Morgan fingerprint density at radius 3 is 2.46 bits per heavy atom. The fourth-order valence-corrected chi connectivity index (χ4v) is 5.71. The van der Waals surface area contributed by atoms with Crippen molar-refractivity contribution in [1.82, 2.24) is 19.7 Å². The van der Waals surface area contributed by atoms with E-state index >= 15 is 0 Å². The summed E-state index contributed by atoms with van der Waals surface area (Å²) in [5.74, 6) is 0.549. The molecule has 1 fully saturated rings. The van der Waals surface area contributed by atoms with Crippen molar-refractivity contribution in [3.63, 3.8) is 0 Å². The number of piperidine rings is 1. The van der Waals surface area contributed by atoms with Crippen LogP contribution in [-0.2, 0) is 9.59 Å². The Hall–Kier alpha value is -3.17. The number of aromatic nitrogens is 3. The molecule has 3 aromatic rings. The van der Waals surface area contributed by atoms with Crippen molar-refractivity contribution in [1.29, 1.82) is 0 Å². The summed E-state index contributed by atoms with van der Waals surface area (Å²) in [5.41, 5.74) is 2.34. The Balaban J connectivity index is 1.43. The van der Waals surface area contributed by atoms with Crippen LogP contribution in [-0.4, -0.2) is 56.4 Å². The molecular formula is C26H30N6O2S. The van der Waals surface area contributed by atoms with E-state index in [2.05, 4.69) is 31.9 Å². The standard InChI is InChI=1S/C26H30N6O2S/c1-18(30-15-9-4-10-16-30)24-28-29-26(32(24)20-11-5-3-6-12-20)35-19(2)25(34)31-17-23(33)27-21-13-7-8-14-22(21)31/h3,5-8,11-14,18-19H,4,9-10,15-17H2,1-2H3,(H,27,33). The molecule has 0 saturated carbocycles. The first kappa shape index (κ1) is 23.6. The predicted octanol–water partition coefficient (Wildman–Crippen LogP) is 4.28. The molecule has 2 atom stereocenters. The van der Waals surface area contributed by atoms with Crippen LogP contribution in [0.2, 0.25) is 0 Å². The van der Waals surface area contributed by atoms with E-state index in [-0.39, 0.29) is 24.4 Å². The normalized spacial score (nSPS) is 18.0. The first-order valence-corrected chi connectivity index (χ1v) is 13.0. The lowest BCUT2D eigenvalue weighted by Crippen LogP contribution is -2.45. The molecule has 8 nitrogen and oxygen atoms in total. The number of rotatable bonds is 6. The van der Waals surface area contributed by atoms with Crippen LogP contribution in [0.5, 0.6) is 0 Å². The third-order valence-corrected chi connectivity index (χ3v) is 7.68. The molecule has 5 rings (SSSR count). The van der Waals surface area contributed by atoms with Gasteiger partial charge in [-0.3, -0.25) is 24.0 Å². The number of carbonyl (C=O) groups is 2. The molecule has 2 aliphatic heterocycles. The zero-order valence-electron chi connectivity index (χ0n) is 20.1. The van der Waals surface area contributed by atoms with Crippen LogP contribution in [0, 0.1) is 0 Å². The molecule has 2 aromatic carbocycles. The average molecular weight is 491 g/mol. The Bertz CT molecular complexity index is 1210. The SMILES string of the molecule is CC(Sc1nnc(C(C)N2CCCCC2)n1-c1ccccc1)C(=O)N1CC(=O)Nc2ccccc21. The maximum absolute atomic E-state index is 13.5. The Morgan fingerprint density at radius 2 is 1.69 bits per heavy atom. The number of carbonyl (C=O) groups excluding carboxylic acids is 2. The van der Waals surface area contributed by atoms with Gasteiger partial charge in [0.25, 0.3) is 0 Å². The summed E-state index contributed by atoms with van der Waals surface area (Å²) < 4.78 is 2.07. The minimum absolute atomic E-state index is 0.00334. The zero-order valence-corrected chi connectivity index (χ0v) is 20.9. The smallest absolute Gasteiger partial charge is 0.244 e. The van der Waals surface area contributed by atoms with E-state index in [9.17, 15) is 9.59 Å². The van der Waals surface area contributed by atoms with E-state index in [0.29, 0.717) is 16.5 Å². The molecule has 0 spiro atoms. The second-order valence-electron chi connectivity index (χ2n) is 9.03. The van der Waals surface area contributed by atoms with Crippen LogP contribution in [0.1, 0.15) is 45.0 Å². The quantitative estimate of drug-likeness (QED) is 0.520. The van der Waals surface area contributed by atoms with Gasteiger partial charge in [-0.15, -0.1) is 10.2 Å². The number of nitrogens with zero attached hydrogens (tertiary/aromatic N) is 5. The topological polar surface area (TPSA) is 83.4 Å². The maximum Gasteiger partial charge on any atom is 0.244 e. The molecule has 0 bridgehead atoms. The number of benzene rings is 2. The van der Waals surface area contributed by atoms with Gasteiger partial charge in [-0.1, -0.05) is 48.5 Å². The van der Waals surface area contributed by atoms with Crippen molar-refractivity contribution in [2.45, 2.75) is 49.6 Å². The molecule has 1 aromatic heterocycles. The van der Waals surface area contributed by atoms with Gasteiger partial charge in [-0.2, -0.15) is 0 Å². The van der Waals surface area contributed by atoms with Crippen molar-refractivity contribution >= 4 is 35.0 Å². The lowest BCUT2D eigenvalue weighted by atomic mass is 10.1. The van der Waals surface area contributed by atoms with Crippen molar-refractivity contribution in [2.75, 3.05) is 29.9 Å². The summed E-state index contributed by atoms with van der Waals surface area (Å²) in [7, 11) is 0. The molecule has 2 unspecified atom stereocenters. The first-order chi connectivity index (χ1) is 17.0. The van der Waals surface area contributed by atoms with Crippen molar-refractivity contribution in [3.05, 3.63) is 60.4 Å². The molecule has 3 heterocycles. The summed E-state index contributed by atoms with van der Waals surface area (Å²) >= 11 is 1.38. The number of likely N-dealkylation sites (tertiary alicyclic amines) is 1. The molecule has 0 aliphatic carbocycles. The number of nitrogens with one attached hydrogen (secondary N) is 1. The number of para-hydroxylation sites is 3. The molecular weight excluding hydrogens is 460 g/mol. The van der Waals surface area contributed by atoms with Crippen LogP contribution >= 0.6 is 11.8 Å². The van der Waals surface area contributed by atoms with Gasteiger partial charge in [-0.05, 0) is 64.0 Å². The molecule has 2 amide bonds. The third kappa shape index (κ3) is 4.83. The number of hydrogen-bond donors (Lipinski definition) is 1. The number of fused-ring (bicyclic) bond motifs is 1. The first-order valence-electron chi connectivity index (χ1n) is 12.1. The van der Waals surface area contributed by atoms with Crippen LogP contribution in [0.3, 0.4) is 0 Å². The van der Waals surface area contributed by atoms with Gasteiger partial charge < -0.3 is 5.32 Å². The summed E-state index contributed by atoms with van der Waals surface area (Å²) in [6, 6.07) is 17.6. The van der Waals surface area contributed by atoms with E-state index < -0.39 is 5.25 Å². The van der Waals surface area contributed by atoms with Gasteiger partial charge in [-0.25, -0.2) is 0 Å². The van der Waals surface area contributed by atoms with Gasteiger partial charge in [0.15, 0.2) is 11.0 Å². The van der Waals surface area contributed by atoms with E-state index in [4.69, 9.17) is 0 Å². The highest BCUT2D eigenvalue weighted by Gasteiger charge is 2.32. The fourth-order valence-electron chi connectivity index (χ4n) is 4.77. The van der Waals surface area contributed by atoms with Crippen LogP contribution in [0.25, 0.3) is 5.69 Å². The number of thioether (sulfide) groups is 1. The van der Waals surface area contributed by atoms with Gasteiger partial charge in [0.05, 0.1) is 22.7 Å². The number of amides is 2. The zero-order chi connectivity index (χ0) is 24.4. The van der Waals surface area contributed by atoms with E-state index in [1.165, 1.54) is 31.0 Å². The Kier molecular flexibility index (Phi) is 6.88. The maximum atomic E-state index is 13.5. The molecule has 1 saturated heterocycles. The largest absolute Gasteiger partial charge is 0.323 e. The average Bonchev–Trinajstić information content (AvgIpc) is 3.31. The highest BCUT2D eigenvalue weighted by Crippen LogP contribution is 2.34.